The van der Waals surface area contributed by atoms with Gasteiger partial charge in [-0.05, 0) is 18.6 Å². The summed E-state index contributed by atoms with van der Waals surface area (Å²) in [5.41, 5.74) is -0.215. The third kappa shape index (κ3) is 4.76. The van der Waals surface area contributed by atoms with Crippen molar-refractivity contribution in [1.82, 2.24) is 10.0 Å². The molecule has 2 N–H and O–H groups in total. The molecule has 11 heteroatoms. The highest BCUT2D eigenvalue weighted by Gasteiger charge is 2.26. The number of nitrogens with zero attached hydrogens (tertiary/aromatic N) is 1. The van der Waals surface area contributed by atoms with Gasteiger partial charge in [0.2, 0.25) is 21.0 Å². The Bertz CT molecular complexity index is 747. The van der Waals surface area contributed by atoms with Crippen LogP contribution in [0, 0.1) is 10.1 Å². The van der Waals surface area contributed by atoms with Crippen LogP contribution in [0.1, 0.15) is 12.8 Å². The van der Waals surface area contributed by atoms with Crippen LogP contribution in [0.5, 0.6) is 0 Å². The zero-order valence-corrected chi connectivity index (χ0v) is 14.1. The molecule has 9 nitrogen and oxygen atoms in total. The van der Waals surface area contributed by atoms with Gasteiger partial charge in [0.05, 0.1) is 15.9 Å². The molecule has 1 aromatic carbocycles. The second kappa shape index (κ2) is 7.73. The van der Waals surface area contributed by atoms with Crippen LogP contribution in [0.4, 0.5) is 5.69 Å². The molecule has 0 bridgehead atoms. The maximum absolute atomic E-state index is 12.0. The van der Waals surface area contributed by atoms with Crippen molar-refractivity contribution in [3.63, 3.8) is 0 Å². The summed E-state index contributed by atoms with van der Waals surface area (Å²) in [6, 6.07) is 3.91. The maximum Gasteiger partial charge on any atom is 0.269 e. The Morgan fingerprint density at radius 1 is 1.33 bits per heavy atom. The standard InChI is InChI=1S/C13H15N3O6S2/c17-12(15-11-6-8-23-13(11)18)5-7-14-24(21,22)10-3-1-9(2-4-10)16(19)20/h1-4,11,14H,5-8H2,(H,15,17). The molecule has 24 heavy (non-hydrogen) atoms. The van der Waals surface area contributed by atoms with Gasteiger partial charge in [0.15, 0.2) is 0 Å². The lowest BCUT2D eigenvalue weighted by atomic mass is 10.2. The second-order valence-corrected chi connectivity index (χ2v) is 7.84. The Morgan fingerprint density at radius 2 is 2.00 bits per heavy atom. The molecule has 2 rings (SSSR count). The van der Waals surface area contributed by atoms with Crippen LogP contribution in [0.15, 0.2) is 29.2 Å². The van der Waals surface area contributed by atoms with Gasteiger partial charge >= 0.3 is 0 Å². The molecule has 130 valence electrons. The topological polar surface area (TPSA) is 135 Å². The first-order valence-electron chi connectivity index (χ1n) is 7.00. The van der Waals surface area contributed by atoms with Gasteiger partial charge in [-0.1, -0.05) is 11.8 Å². The first kappa shape index (κ1) is 18.4. The molecule has 1 aromatic rings. The van der Waals surface area contributed by atoms with Gasteiger partial charge in [-0.25, -0.2) is 13.1 Å². The summed E-state index contributed by atoms with van der Waals surface area (Å²) in [5, 5.41) is 13.0. The number of thioether (sulfide) groups is 1. The van der Waals surface area contributed by atoms with Gasteiger partial charge in [0, 0.05) is 30.9 Å². The summed E-state index contributed by atoms with van der Waals surface area (Å²) in [7, 11) is -3.86. The number of sulfonamides is 1. The van der Waals surface area contributed by atoms with Crippen molar-refractivity contribution in [2.45, 2.75) is 23.8 Å². The summed E-state index contributed by atoms with van der Waals surface area (Å²) >= 11 is 1.16. The van der Waals surface area contributed by atoms with Gasteiger partial charge in [-0.2, -0.15) is 0 Å². The van der Waals surface area contributed by atoms with E-state index >= 15 is 0 Å². The predicted molar refractivity (Wildman–Crippen MR) is 86.9 cm³/mol. The highest BCUT2D eigenvalue weighted by Crippen LogP contribution is 2.19. The smallest absolute Gasteiger partial charge is 0.269 e. The fourth-order valence-corrected chi connectivity index (χ4v) is 3.99. The van der Waals surface area contributed by atoms with Gasteiger partial charge in [-0.15, -0.1) is 0 Å². The molecule has 1 atom stereocenters. The van der Waals surface area contributed by atoms with Crippen molar-refractivity contribution in [2.24, 2.45) is 0 Å². The average molecular weight is 373 g/mol. The molecule has 0 aliphatic carbocycles. The number of nitrogens with one attached hydrogen (secondary N) is 2. The van der Waals surface area contributed by atoms with Gasteiger partial charge in [0.1, 0.15) is 0 Å². The third-order valence-corrected chi connectivity index (χ3v) is 5.76. The van der Waals surface area contributed by atoms with Crippen LogP contribution >= 0.6 is 11.8 Å². The number of nitro benzene ring substituents is 1. The molecule has 1 saturated heterocycles. The summed E-state index contributed by atoms with van der Waals surface area (Å²) < 4.78 is 26.3. The summed E-state index contributed by atoms with van der Waals surface area (Å²) in [4.78, 5) is 32.9. The number of carbonyl (C=O) groups excluding carboxylic acids is 2. The number of amides is 1. The fourth-order valence-electron chi connectivity index (χ4n) is 2.02. The summed E-state index contributed by atoms with van der Waals surface area (Å²) in [6.45, 7) is -0.140. The molecule has 1 unspecified atom stereocenters. The number of nitro groups is 1. The molecule has 1 aliphatic heterocycles. The van der Waals surface area contributed by atoms with Crippen LogP contribution in [-0.4, -0.2) is 42.7 Å². The Balaban J connectivity index is 1.85. The third-order valence-electron chi connectivity index (χ3n) is 3.27. The first-order chi connectivity index (χ1) is 11.3. The zero-order valence-electron chi connectivity index (χ0n) is 12.4. The van der Waals surface area contributed by atoms with Gasteiger partial charge in [-0.3, -0.25) is 19.7 Å². The minimum absolute atomic E-state index is 0.0881. The molecular weight excluding hydrogens is 358 g/mol. The van der Waals surface area contributed by atoms with Crippen LogP contribution in [0.3, 0.4) is 0 Å². The van der Waals surface area contributed by atoms with Crippen molar-refractivity contribution in [3.05, 3.63) is 34.4 Å². The van der Waals surface area contributed by atoms with E-state index in [4.69, 9.17) is 0 Å². The van der Waals surface area contributed by atoms with E-state index in [-0.39, 0.29) is 28.7 Å². The monoisotopic (exact) mass is 373 g/mol. The lowest BCUT2D eigenvalue weighted by Crippen LogP contribution is -2.38. The minimum Gasteiger partial charge on any atom is -0.345 e. The molecular formula is C13H15N3O6S2. The van der Waals surface area contributed by atoms with Crippen LogP contribution in [0.2, 0.25) is 0 Å². The normalized spacial score (nSPS) is 17.7. The minimum atomic E-state index is -3.86. The predicted octanol–water partition coefficient (Wildman–Crippen LogP) is 0.411. The quantitative estimate of drug-likeness (QED) is 0.522. The Labute approximate surface area is 142 Å². The van der Waals surface area contributed by atoms with Crippen LogP contribution in [0.25, 0.3) is 0 Å². The maximum atomic E-state index is 12.0. The first-order valence-corrected chi connectivity index (χ1v) is 9.46. The largest absolute Gasteiger partial charge is 0.345 e. The van der Waals surface area contributed by atoms with E-state index in [2.05, 4.69) is 10.0 Å². The fraction of sp³-hybridized carbons (Fsp3) is 0.385. The Kier molecular flexibility index (Phi) is 5.91. The van der Waals surface area contributed by atoms with E-state index in [0.29, 0.717) is 12.2 Å². The van der Waals surface area contributed by atoms with E-state index in [1.165, 1.54) is 0 Å². The second-order valence-electron chi connectivity index (χ2n) is 4.98. The SMILES string of the molecule is O=C(CCNS(=O)(=O)c1ccc([N+](=O)[O-])cc1)NC1CCSC1=O. The van der Waals surface area contributed by atoms with Crippen molar-refractivity contribution < 1.29 is 22.9 Å². The Morgan fingerprint density at radius 3 is 2.54 bits per heavy atom. The van der Waals surface area contributed by atoms with Crippen molar-refractivity contribution in [2.75, 3.05) is 12.3 Å². The molecule has 1 heterocycles. The lowest BCUT2D eigenvalue weighted by Gasteiger charge is -2.10. The molecule has 1 amide bonds. The van der Waals surface area contributed by atoms with E-state index in [1.807, 2.05) is 0 Å². The van der Waals surface area contributed by atoms with Gasteiger partial charge < -0.3 is 5.32 Å². The average Bonchev–Trinajstić information content (AvgIpc) is 2.92. The van der Waals surface area contributed by atoms with E-state index in [0.717, 1.165) is 36.0 Å². The van der Waals surface area contributed by atoms with Crippen LogP contribution in [-0.2, 0) is 19.6 Å². The van der Waals surface area contributed by atoms with E-state index < -0.39 is 26.9 Å². The number of benzene rings is 1. The molecule has 0 spiro atoms. The highest BCUT2D eigenvalue weighted by atomic mass is 32.2. The Hall–Kier alpha value is -1.98. The van der Waals surface area contributed by atoms with Crippen molar-refractivity contribution in [1.29, 1.82) is 0 Å². The highest BCUT2D eigenvalue weighted by molar-refractivity contribution is 8.14. The number of carbonyl (C=O) groups is 2. The summed E-state index contributed by atoms with van der Waals surface area (Å²) in [6.07, 6.45) is 0.463. The molecule has 0 radical (unpaired) electrons. The van der Waals surface area contributed by atoms with Gasteiger partial charge in [0.25, 0.3) is 5.69 Å². The van der Waals surface area contributed by atoms with E-state index in [1.54, 1.807) is 0 Å². The number of non-ortho nitro benzene ring substituents is 1. The van der Waals surface area contributed by atoms with E-state index in [9.17, 15) is 28.1 Å². The van der Waals surface area contributed by atoms with Crippen molar-refractivity contribution >= 4 is 38.5 Å². The molecule has 1 aliphatic rings. The van der Waals surface area contributed by atoms with Crippen molar-refractivity contribution in [3.8, 4) is 0 Å². The zero-order chi connectivity index (χ0) is 17.7. The number of hydrogen-bond acceptors (Lipinski definition) is 7. The molecule has 1 fully saturated rings. The molecule has 0 saturated carbocycles. The molecule has 0 aromatic heterocycles. The van der Waals surface area contributed by atoms with Crippen LogP contribution < -0.4 is 10.0 Å². The summed E-state index contributed by atoms with van der Waals surface area (Å²) in [5.74, 6) is 0.249. The lowest BCUT2D eigenvalue weighted by molar-refractivity contribution is -0.384. The number of rotatable bonds is 7. The number of hydrogen-bond donors (Lipinski definition) is 2.